The number of nitrogens with zero attached hydrogens (tertiary/aromatic N) is 3. The number of halogens is 1. The quantitative estimate of drug-likeness (QED) is 0.845. The summed E-state index contributed by atoms with van der Waals surface area (Å²) in [6, 6.07) is 0. The highest BCUT2D eigenvalue weighted by molar-refractivity contribution is 5.85. The molecule has 0 aromatic carbocycles. The molecule has 5 nitrogen and oxygen atoms in total. The fourth-order valence-electron chi connectivity index (χ4n) is 1.86. The summed E-state index contributed by atoms with van der Waals surface area (Å²) in [7, 11) is 2.09. The molecule has 1 fully saturated rings. The Morgan fingerprint density at radius 1 is 1.50 bits per heavy atom. The van der Waals surface area contributed by atoms with Gasteiger partial charge in [-0.15, -0.1) is 12.4 Å². The van der Waals surface area contributed by atoms with Crippen molar-refractivity contribution in [3.63, 3.8) is 0 Å². The third-order valence-corrected chi connectivity index (χ3v) is 2.89. The maximum absolute atomic E-state index is 5.40. The van der Waals surface area contributed by atoms with Crippen molar-refractivity contribution >= 4 is 12.4 Å². The summed E-state index contributed by atoms with van der Waals surface area (Å²) in [6.07, 6.45) is 4.12. The smallest absolute Gasteiger partial charge is 0.240 e. The van der Waals surface area contributed by atoms with Crippen LogP contribution < -0.4 is 5.73 Å². The lowest BCUT2D eigenvalue weighted by Gasteiger charge is -2.29. The highest BCUT2D eigenvalue weighted by Gasteiger charge is 2.19. The van der Waals surface area contributed by atoms with E-state index in [1.807, 2.05) is 0 Å². The fourth-order valence-corrected chi connectivity index (χ4v) is 1.86. The van der Waals surface area contributed by atoms with Crippen molar-refractivity contribution in [2.45, 2.75) is 32.4 Å². The first kappa shape index (κ1) is 13.4. The number of hydrogen-bond acceptors (Lipinski definition) is 5. The largest absolute Gasteiger partial charge is 0.338 e. The van der Waals surface area contributed by atoms with Crippen LogP contribution in [0.5, 0.6) is 0 Å². The second-order valence-electron chi connectivity index (χ2n) is 4.30. The van der Waals surface area contributed by atoms with Gasteiger partial charge in [0.2, 0.25) is 5.89 Å². The number of hydrogen-bond donors (Lipinski definition) is 1. The van der Waals surface area contributed by atoms with Crippen molar-refractivity contribution in [1.82, 2.24) is 15.0 Å². The van der Waals surface area contributed by atoms with Crippen molar-refractivity contribution < 1.29 is 4.52 Å². The Morgan fingerprint density at radius 3 is 2.75 bits per heavy atom. The first-order valence-electron chi connectivity index (χ1n) is 5.48. The summed E-state index contributed by atoms with van der Waals surface area (Å²) >= 11 is 0. The molecule has 0 bridgehead atoms. The number of aromatic nitrogens is 2. The Bertz CT molecular complexity index is 314. The maximum atomic E-state index is 5.40. The van der Waals surface area contributed by atoms with Gasteiger partial charge in [0.05, 0.1) is 13.1 Å². The van der Waals surface area contributed by atoms with Gasteiger partial charge in [0.25, 0.3) is 0 Å². The molecular weight excluding hydrogens is 228 g/mol. The summed E-state index contributed by atoms with van der Waals surface area (Å²) in [6.45, 7) is 2.20. The third kappa shape index (κ3) is 3.43. The molecule has 0 spiro atoms. The molecule has 0 saturated heterocycles. The van der Waals surface area contributed by atoms with Gasteiger partial charge in [0.15, 0.2) is 5.82 Å². The highest BCUT2D eigenvalue weighted by atomic mass is 35.5. The Labute approximate surface area is 102 Å². The van der Waals surface area contributed by atoms with Crippen molar-refractivity contribution in [2.75, 3.05) is 13.6 Å². The van der Waals surface area contributed by atoms with E-state index < -0.39 is 0 Å². The third-order valence-electron chi connectivity index (χ3n) is 2.89. The van der Waals surface area contributed by atoms with Crippen LogP contribution in [-0.4, -0.2) is 28.6 Å². The van der Waals surface area contributed by atoms with E-state index >= 15 is 0 Å². The molecule has 1 aliphatic carbocycles. The molecule has 0 unspecified atom stereocenters. The first-order valence-corrected chi connectivity index (χ1v) is 5.48. The molecule has 2 rings (SSSR count). The SMILES string of the molecule is CN(Cc1noc(CN)n1)CC1CCC1.Cl. The zero-order valence-electron chi connectivity index (χ0n) is 9.56. The van der Waals surface area contributed by atoms with Crippen LogP contribution in [0.25, 0.3) is 0 Å². The van der Waals surface area contributed by atoms with Gasteiger partial charge in [-0.3, -0.25) is 4.90 Å². The van der Waals surface area contributed by atoms with Gasteiger partial charge >= 0.3 is 0 Å². The van der Waals surface area contributed by atoms with Crippen molar-refractivity contribution in [1.29, 1.82) is 0 Å². The molecule has 1 heterocycles. The van der Waals surface area contributed by atoms with Gasteiger partial charge in [0.1, 0.15) is 0 Å². The molecule has 1 aromatic rings. The molecule has 0 aliphatic heterocycles. The van der Waals surface area contributed by atoms with E-state index in [0.717, 1.165) is 24.8 Å². The minimum atomic E-state index is 0. The molecule has 1 aliphatic rings. The summed E-state index contributed by atoms with van der Waals surface area (Å²) in [5.74, 6) is 2.12. The summed E-state index contributed by atoms with van der Waals surface area (Å²) in [5.41, 5.74) is 5.40. The van der Waals surface area contributed by atoms with Crippen molar-refractivity contribution in [3.8, 4) is 0 Å². The predicted molar refractivity (Wildman–Crippen MR) is 63.1 cm³/mol. The van der Waals surface area contributed by atoms with Crippen LogP contribution in [0.1, 0.15) is 31.0 Å². The molecule has 0 amide bonds. The van der Waals surface area contributed by atoms with Gasteiger partial charge in [-0.2, -0.15) is 4.98 Å². The summed E-state index contributed by atoms with van der Waals surface area (Å²) < 4.78 is 4.95. The van der Waals surface area contributed by atoms with Crippen LogP contribution in [0.4, 0.5) is 0 Å². The van der Waals surface area contributed by atoms with Gasteiger partial charge in [-0.1, -0.05) is 11.6 Å². The summed E-state index contributed by atoms with van der Waals surface area (Å²) in [5, 5.41) is 3.87. The van der Waals surface area contributed by atoms with E-state index in [2.05, 4.69) is 22.1 Å². The van der Waals surface area contributed by atoms with Crippen LogP contribution in [0, 0.1) is 5.92 Å². The van der Waals surface area contributed by atoms with E-state index in [9.17, 15) is 0 Å². The second kappa shape index (κ2) is 6.18. The Morgan fingerprint density at radius 2 is 2.25 bits per heavy atom. The average molecular weight is 247 g/mol. The first-order chi connectivity index (χ1) is 7.28. The number of rotatable bonds is 5. The molecule has 92 valence electrons. The van der Waals surface area contributed by atoms with E-state index in [4.69, 9.17) is 10.3 Å². The van der Waals surface area contributed by atoms with Crippen LogP contribution in [0.3, 0.4) is 0 Å². The zero-order valence-corrected chi connectivity index (χ0v) is 10.4. The topological polar surface area (TPSA) is 68.2 Å². The monoisotopic (exact) mass is 246 g/mol. The Balaban J connectivity index is 0.00000128. The minimum Gasteiger partial charge on any atom is -0.338 e. The highest BCUT2D eigenvalue weighted by Crippen LogP contribution is 2.26. The van der Waals surface area contributed by atoms with E-state index in [1.165, 1.54) is 19.3 Å². The standard InChI is InChI=1S/C10H18N4O.ClH/c1-14(6-8-3-2-4-8)7-9-12-10(5-11)15-13-9;/h8H,2-7,11H2,1H3;1H. The normalized spacial score (nSPS) is 15.9. The molecule has 2 N–H and O–H groups in total. The van der Waals surface area contributed by atoms with Crippen LogP contribution in [0.15, 0.2) is 4.52 Å². The van der Waals surface area contributed by atoms with Crippen LogP contribution >= 0.6 is 12.4 Å². The Hall–Kier alpha value is -0.650. The fraction of sp³-hybridized carbons (Fsp3) is 0.800. The van der Waals surface area contributed by atoms with Gasteiger partial charge in [-0.25, -0.2) is 0 Å². The van der Waals surface area contributed by atoms with E-state index in [-0.39, 0.29) is 12.4 Å². The average Bonchev–Trinajstić information content (AvgIpc) is 2.59. The lowest BCUT2D eigenvalue weighted by Crippen LogP contribution is -2.29. The van der Waals surface area contributed by atoms with Crippen LogP contribution in [-0.2, 0) is 13.1 Å². The van der Waals surface area contributed by atoms with Gasteiger partial charge in [-0.05, 0) is 25.8 Å². The predicted octanol–water partition coefficient (Wildman–Crippen LogP) is 1.18. The lowest BCUT2D eigenvalue weighted by atomic mass is 9.85. The molecule has 1 aromatic heterocycles. The van der Waals surface area contributed by atoms with E-state index in [1.54, 1.807) is 0 Å². The second-order valence-corrected chi connectivity index (χ2v) is 4.30. The summed E-state index contributed by atoms with van der Waals surface area (Å²) in [4.78, 5) is 6.42. The molecular formula is C10H19ClN4O. The molecule has 6 heteroatoms. The molecule has 0 atom stereocenters. The number of nitrogens with two attached hydrogens (primary N) is 1. The molecule has 16 heavy (non-hydrogen) atoms. The van der Waals surface area contributed by atoms with Gasteiger partial charge in [0, 0.05) is 6.54 Å². The minimum absolute atomic E-state index is 0. The molecule has 1 saturated carbocycles. The zero-order chi connectivity index (χ0) is 10.7. The van der Waals surface area contributed by atoms with Crippen LogP contribution in [0.2, 0.25) is 0 Å². The van der Waals surface area contributed by atoms with Crippen molar-refractivity contribution in [2.24, 2.45) is 11.7 Å². The lowest BCUT2D eigenvalue weighted by molar-refractivity contribution is 0.196. The van der Waals surface area contributed by atoms with Crippen molar-refractivity contribution in [3.05, 3.63) is 11.7 Å². The van der Waals surface area contributed by atoms with Gasteiger partial charge < -0.3 is 10.3 Å². The van der Waals surface area contributed by atoms with E-state index in [0.29, 0.717) is 12.4 Å². The maximum Gasteiger partial charge on any atom is 0.240 e. The molecule has 0 radical (unpaired) electrons. The Kier molecular flexibility index (Phi) is 5.18.